The van der Waals surface area contributed by atoms with Gasteiger partial charge >= 0.3 is 6.03 Å². The first-order valence-electron chi connectivity index (χ1n) is 9.82. The van der Waals surface area contributed by atoms with Gasteiger partial charge < -0.3 is 5.32 Å². The summed E-state index contributed by atoms with van der Waals surface area (Å²) in [6, 6.07) is 15.7. The standard InChI is InChI=1S/C22H22N4O2S/c1-25(13-19-23-17-10-4-5-11-18(17)29-19)14-26-20(27)22(24-21(26)28)12-6-8-15-7-2-3-9-16(15)22/h2-5,7,9-11H,6,8,12-14H2,1H3,(H,24,28)/t22-/m0/s1. The van der Waals surface area contributed by atoms with Gasteiger partial charge in [-0.15, -0.1) is 11.3 Å². The second-order valence-corrected chi connectivity index (χ2v) is 8.93. The maximum atomic E-state index is 13.4. The highest BCUT2D eigenvalue weighted by atomic mass is 32.1. The van der Waals surface area contributed by atoms with E-state index in [1.54, 1.807) is 11.3 Å². The van der Waals surface area contributed by atoms with Crippen LogP contribution in [0.2, 0.25) is 0 Å². The van der Waals surface area contributed by atoms with Crippen LogP contribution in [0.4, 0.5) is 4.79 Å². The molecule has 0 saturated carbocycles. The minimum absolute atomic E-state index is 0.147. The van der Waals surface area contributed by atoms with E-state index in [0.29, 0.717) is 13.0 Å². The summed E-state index contributed by atoms with van der Waals surface area (Å²) in [7, 11) is 1.91. The third-order valence-electron chi connectivity index (χ3n) is 5.78. The lowest BCUT2D eigenvalue weighted by Crippen LogP contribution is -2.47. The summed E-state index contributed by atoms with van der Waals surface area (Å²) >= 11 is 1.64. The molecule has 1 atom stereocenters. The number of para-hydroxylation sites is 1. The molecule has 0 bridgehead atoms. The largest absolute Gasteiger partial charge is 0.326 e. The first-order valence-corrected chi connectivity index (χ1v) is 10.6. The molecule has 6 nitrogen and oxygen atoms in total. The monoisotopic (exact) mass is 406 g/mol. The predicted octanol–water partition coefficient (Wildman–Crippen LogP) is 3.47. The first-order chi connectivity index (χ1) is 14.1. The van der Waals surface area contributed by atoms with Gasteiger partial charge in [-0.05, 0) is 49.6 Å². The molecule has 1 fully saturated rings. The minimum Gasteiger partial charge on any atom is -0.319 e. The third kappa shape index (κ3) is 3.01. The number of amides is 3. The van der Waals surface area contributed by atoms with Crippen molar-refractivity contribution < 1.29 is 9.59 Å². The highest BCUT2D eigenvalue weighted by molar-refractivity contribution is 7.18. The summed E-state index contributed by atoms with van der Waals surface area (Å²) in [4.78, 5) is 34.1. The zero-order chi connectivity index (χ0) is 20.0. The molecular formula is C22H22N4O2S. The second kappa shape index (κ2) is 6.93. The number of urea groups is 1. The van der Waals surface area contributed by atoms with E-state index in [-0.39, 0.29) is 18.6 Å². The van der Waals surface area contributed by atoms with Crippen LogP contribution in [0.15, 0.2) is 48.5 Å². The molecule has 2 aliphatic rings. The number of carbonyl (C=O) groups is 2. The lowest BCUT2D eigenvalue weighted by atomic mass is 9.76. The van der Waals surface area contributed by atoms with Crippen LogP contribution in [0.5, 0.6) is 0 Å². The number of thiazole rings is 1. The van der Waals surface area contributed by atoms with Crippen LogP contribution >= 0.6 is 11.3 Å². The summed E-state index contributed by atoms with van der Waals surface area (Å²) < 4.78 is 1.14. The smallest absolute Gasteiger partial charge is 0.319 e. The summed E-state index contributed by atoms with van der Waals surface area (Å²) in [5, 5.41) is 3.98. The van der Waals surface area contributed by atoms with Gasteiger partial charge in [0.15, 0.2) is 0 Å². The van der Waals surface area contributed by atoms with Crippen LogP contribution in [-0.4, -0.2) is 40.4 Å². The zero-order valence-electron chi connectivity index (χ0n) is 16.2. The number of imide groups is 1. The maximum Gasteiger partial charge on any atom is 0.326 e. The average molecular weight is 407 g/mol. The molecule has 3 aromatic rings. The van der Waals surface area contributed by atoms with Crippen molar-refractivity contribution in [3.05, 3.63) is 64.7 Å². The number of rotatable bonds is 4. The van der Waals surface area contributed by atoms with Crippen molar-refractivity contribution in [1.82, 2.24) is 20.1 Å². The summed E-state index contributed by atoms with van der Waals surface area (Å²) in [5.41, 5.74) is 2.16. The number of hydrogen-bond acceptors (Lipinski definition) is 5. The van der Waals surface area contributed by atoms with Gasteiger partial charge in [0.1, 0.15) is 10.5 Å². The highest BCUT2D eigenvalue weighted by Crippen LogP contribution is 2.39. The molecule has 1 aliphatic carbocycles. The average Bonchev–Trinajstić information content (AvgIpc) is 3.22. The normalized spacial score (nSPS) is 21.2. The van der Waals surface area contributed by atoms with E-state index in [4.69, 9.17) is 0 Å². The maximum absolute atomic E-state index is 13.4. The number of fused-ring (bicyclic) bond motifs is 3. The molecule has 2 heterocycles. The number of aryl methyl sites for hydroxylation is 1. The first kappa shape index (κ1) is 18.3. The van der Waals surface area contributed by atoms with Gasteiger partial charge in [-0.25, -0.2) is 14.7 Å². The van der Waals surface area contributed by atoms with Gasteiger partial charge in [0, 0.05) is 0 Å². The molecule has 1 aromatic heterocycles. The Balaban J connectivity index is 1.35. The van der Waals surface area contributed by atoms with E-state index in [0.717, 1.165) is 39.2 Å². The Bertz CT molecular complexity index is 1080. The Morgan fingerprint density at radius 1 is 1.17 bits per heavy atom. The number of nitrogens with zero attached hydrogens (tertiary/aromatic N) is 3. The molecule has 1 N–H and O–H groups in total. The number of hydrogen-bond donors (Lipinski definition) is 1. The third-order valence-corrected chi connectivity index (χ3v) is 6.80. The zero-order valence-corrected chi connectivity index (χ0v) is 17.0. The topological polar surface area (TPSA) is 65.5 Å². The molecule has 1 spiro atoms. The van der Waals surface area contributed by atoms with Crippen molar-refractivity contribution in [1.29, 1.82) is 0 Å². The van der Waals surface area contributed by atoms with E-state index in [1.807, 2.05) is 48.3 Å². The van der Waals surface area contributed by atoms with Crippen molar-refractivity contribution in [3.8, 4) is 0 Å². The minimum atomic E-state index is -0.914. The second-order valence-electron chi connectivity index (χ2n) is 7.81. The molecule has 1 aliphatic heterocycles. The fourth-order valence-electron chi connectivity index (χ4n) is 4.45. The van der Waals surface area contributed by atoms with Crippen LogP contribution < -0.4 is 5.32 Å². The predicted molar refractivity (Wildman–Crippen MR) is 112 cm³/mol. The van der Waals surface area contributed by atoms with Crippen molar-refractivity contribution in [2.45, 2.75) is 31.3 Å². The molecule has 29 heavy (non-hydrogen) atoms. The molecule has 0 radical (unpaired) electrons. The van der Waals surface area contributed by atoms with E-state index in [9.17, 15) is 9.59 Å². The van der Waals surface area contributed by atoms with Crippen LogP contribution in [0.25, 0.3) is 10.2 Å². The van der Waals surface area contributed by atoms with Crippen LogP contribution in [0.1, 0.15) is 29.0 Å². The SMILES string of the molecule is CN(Cc1nc2ccccc2s1)CN1C(=O)N[C@]2(CCCc3ccccc32)C1=O. The lowest BCUT2D eigenvalue weighted by Gasteiger charge is -2.33. The van der Waals surface area contributed by atoms with Gasteiger partial charge in [-0.2, -0.15) is 0 Å². The molecular weight excluding hydrogens is 384 g/mol. The van der Waals surface area contributed by atoms with Crippen LogP contribution in [0, 0.1) is 0 Å². The molecule has 7 heteroatoms. The number of nitrogens with one attached hydrogen (secondary N) is 1. The lowest BCUT2D eigenvalue weighted by molar-refractivity contribution is -0.133. The highest BCUT2D eigenvalue weighted by Gasteiger charge is 2.53. The van der Waals surface area contributed by atoms with Crippen LogP contribution in [0.3, 0.4) is 0 Å². The molecule has 148 valence electrons. The number of carbonyl (C=O) groups excluding carboxylic acids is 2. The van der Waals surface area contributed by atoms with Crippen molar-refractivity contribution in [2.24, 2.45) is 0 Å². The van der Waals surface area contributed by atoms with Crippen molar-refractivity contribution in [2.75, 3.05) is 13.7 Å². The van der Waals surface area contributed by atoms with Crippen LogP contribution in [-0.2, 0) is 23.3 Å². The number of benzene rings is 2. The van der Waals surface area contributed by atoms with E-state index in [2.05, 4.69) is 22.4 Å². The molecule has 0 unspecified atom stereocenters. The van der Waals surface area contributed by atoms with Gasteiger partial charge in [0.2, 0.25) is 0 Å². The quantitative estimate of drug-likeness (QED) is 0.674. The van der Waals surface area contributed by atoms with Gasteiger partial charge in [0.25, 0.3) is 5.91 Å². The Morgan fingerprint density at radius 2 is 1.97 bits per heavy atom. The summed E-state index contributed by atoms with van der Waals surface area (Å²) in [5.74, 6) is -0.147. The van der Waals surface area contributed by atoms with Gasteiger partial charge in [-0.1, -0.05) is 36.4 Å². The van der Waals surface area contributed by atoms with Crippen molar-refractivity contribution in [3.63, 3.8) is 0 Å². The summed E-state index contributed by atoms with van der Waals surface area (Å²) in [6.45, 7) is 0.824. The Morgan fingerprint density at radius 3 is 2.83 bits per heavy atom. The van der Waals surface area contributed by atoms with E-state index in [1.165, 1.54) is 4.90 Å². The van der Waals surface area contributed by atoms with Crippen molar-refractivity contribution >= 4 is 33.5 Å². The van der Waals surface area contributed by atoms with Gasteiger partial charge in [-0.3, -0.25) is 9.69 Å². The molecule has 2 aromatic carbocycles. The van der Waals surface area contributed by atoms with Gasteiger partial charge in [0.05, 0.1) is 23.4 Å². The fourth-order valence-corrected chi connectivity index (χ4v) is 5.50. The Labute approximate surface area is 173 Å². The number of aromatic nitrogens is 1. The Kier molecular flexibility index (Phi) is 4.37. The fraction of sp³-hybridized carbons (Fsp3) is 0.318. The van der Waals surface area contributed by atoms with E-state index >= 15 is 0 Å². The summed E-state index contributed by atoms with van der Waals surface area (Å²) in [6.07, 6.45) is 2.48. The molecule has 5 rings (SSSR count). The molecule has 3 amide bonds. The van der Waals surface area contributed by atoms with E-state index < -0.39 is 5.54 Å². The molecule has 1 saturated heterocycles. The Hall–Kier alpha value is -2.77.